The fraction of sp³-hybridized carbons (Fsp3) is 0.333. The number of hydrogen-bond donors (Lipinski definition) is 0. The first-order valence-corrected chi connectivity index (χ1v) is 7.47. The Hall–Kier alpha value is -2.29. The first kappa shape index (κ1) is 13.7. The molecule has 3 aromatic rings. The van der Waals surface area contributed by atoms with Crippen molar-refractivity contribution in [2.75, 3.05) is 0 Å². The van der Waals surface area contributed by atoms with Gasteiger partial charge in [0.1, 0.15) is 0 Å². The van der Waals surface area contributed by atoms with Gasteiger partial charge in [0.2, 0.25) is 5.16 Å². The Balaban J connectivity index is 1.78. The SMILES string of the molecule is CC(C)n1nnnc1SCc1nnnn1-c1ccccc1. The van der Waals surface area contributed by atoms with Gasteiger partial charge in [-0.05, 0) is 46.8 Å². The Morgan fingerprint density at radius 2 is 1.81 bits per heavy atom. The number of nitrogens with zero attached hydrogens (tertiary/aromatic N) is 8. The van der Waals surface area contributed by atoms with E-state index >= 15 is 0 Å². The van der Waals surface area contributed by atoms with E-state index in [0.29, 0.717) is 5.75 Å². The van der Waals surface area contributed by atoms with Crippen LogP contribution in [0.2, 0.25) is 0 Å². The van der Waals surface area contributed by atoms with Gasteiger partial charge in [-0.2, -0.15) is 4.68 Å². The van der Waals surface area contributed by atoms with Gasteiger partial charge in [0.25, 0.3) is 0 Å². The molecule has 3 rings (SSSR count). The monoisotopic (exact) mass is 302 g/mol. The van der Waals surface area contributed by atoms with Crippen molar-refractivity contribution in [2.45, 2.75) is 30.8 Å². The third-order valence-electron chi connectivity index (χ3n) is 2.82. The predicted octanol–water partition coefficient (Wildman–Crippen LogP) is 1.52. The summed E-state index contributed by atoms with van der Waals surface area (Å²) >= 11 is 1.51. The Morgan fingerprint density at radius 3 is 2.57 bits per heavy atom. The molecule has 0 unspecified atom stereocenters. The van der Waals surface area contributed by atoms with Crippen molar-refractivity contribution < 1.29 is 0 Å². The molecule has 0 bridgehead atoms. The predicted molar refractivity (Wildman–Crippen MR) is 76.9 cm³/mol. The van der Waals surface area contributed by atoms with Crippen LogP contribution in [0, 0.1) is 0 Å². The minimum atomic E-state index is 0.215. The smallest absolute Gasteiger partial charge is 0.209 e. The molecule has 1 aromatic carbocycles. The van der Waals surface area contributed by atoms with E-state index in [0.717, 1.165) is 16.7 Å². The molecule has 2 heterocycles. The Kier molecular flexibility index (Phi) is 3.91. The third-order valence-corrected chi connectivity index (χ3v) is 3.75. The molecule has 0 spiro atoms. The Bertz CT molecular complexity index is 705. The molecule has 0 aliphatic heterocycles. The van der Waals surface area contributed by atoms with Gasteiger partial charge in [0.15, 0.2) is 5.82 Å². The van der Waals surface area contributed by atoms with Gasteiger partial charge >= 0.3 is 0 Å². The second kappa shape index (κ2) is 6.00. The third kappa shape index (κ3) is 2.92. The minimum Gasteiger partial charge on any atom is -0.218 e. The van der Waals surface area contributed by atoms with Gasteiger partial charge in [-0.15, -0.1) is 10.2 Å². The maximum Gasteiger partial charge on any atom is 0.209 e. The molecule has 9 heteroatoms. The summed E-state index contributed by atoms with van der Waals surface area (Å²) in [5.74, 6) is 1.35. The lowest BCUT2D eigenvalue weighted by Crippen LogP contribution is -2.06. The zero-order valence-electron chi connectivity index (χ0n) is 11.7. The Labute approximate surface area is 125 Å². The van der Waals surface area contributed by atoms with Crippen LogP contribution in [0.3, 0.4) is 0 Å². The largest absolute Gasteiger partial charge is 0.218 e. The van der Waals surface area contributed by atoms with Crippen LogP contribution in [0.25, 0.3) is 5.69 Å². The zero-order valence-corrected chi connectivity index (χ0v) is 12.5. The molecule has 0 aliphatic rings. The average Bonchev–Trinajstić information content (AvgIpc) is 3.15. The number of aromatic nitrogens is 8. The van der Waals surface area contributed by atoms with Crippen LogP contribution < -0.4 is 0 Å². The van der Waals surface area contributed by atoms with Crippen LogP contribution in [0.5, 0.6) is 0 Å². The number of benzene rings is 1. The van der Waals surface area contributed by atoms with Gasteiger partial charge in [0, 0.05) is 0 Å². The van der Waals surface area contributed by atoms with Crippen LogP contribution >= 0.6 is 11.8 Å². The normalized spacial score (nSPS) is 11.2. The molecule has 0 amide bonds. The van der Waals surface area contributed by atoms with Gasteiger partial charge in [0.05, 0.1) is 17.5 Å². The standard InChI is InChI=1S/C12H14N8S/c1-9(2)19-12(14-16-17-19)21-8-11-13-15-18-20(11)10-6-4-3-5-7-10/h3-7,9H,8H2,1-2H3. The highest BCUT2D eigenvalue weighted by Gasteiger charge is 2.13. The molecule has 0 saturated heterocycles. The van der Waals surface area contributed by atoms with E-state index in [4.69, 9.17) is 0 Å². The summed E-state index contributed by atoms with van der Waals surface area (Å²) in [5, 5.41) is 24.3. The number of para-hydroxylation sites is 1. The second-order valence-electron chi connectivity index (χ2n) is 4.63. The number of rotatable bonds is 5. The van der Waals surface area contributed by atoms with E-state index in [1.807, 2.05) is 44.2 Å². The van der Waals surface area contributed by atoms with Crippen molar-refractivity contribution >= 4 is 11.8 Å². The molecule has 0 aliphatic carbocycles. The maximum absolute atomic E-state index is 4.07. The Morgan fingerprint density at radius 1 is 1.05 bits per heavy atom. The van der Waals surface area contributed by atoms with E-state index in [1.165, 1.54) is 11.8 Å². The van der Waals surface area contributed by atoms with Crippen molar-refractivity contribution in [1.29, 1.82) is 0 Å². The van der Waals surface area contributed by atoms with Crippen molar-refractivity contribution in [3.8, 4) is 5.69 Å². The van der Waals surface area contributed by atoms with Crippen molar-refractivity contribution in [3.05, 3.63) is 36.2 Å². The van der Waals surface area contributed by atoms with E-state index in [9.17, 15) is 0 Å². The average molecular weight is 302 g/mol. The zero-order chi connectivity index (χ0) is 14.7. The molecule has 108 valence electrons. The summed E-state index contributed by atoms with van der Waals surface area (Å²) in [6.07, 6.45) is 0. The minimum absolute atomic E-state index is 0.215. The molecule has 21 heavy (non-hydrogen) atoms. The summed E-state index contributed by atoms with van der Waals surface area (Å²) in [4.78, 5) is 0. The van der Waals surface area contributed by atoms with Gasteiger partial charge in [-0.1, -0.05) is 30.0 Å². The summed E-state index contributed by atoms with van der Waals surface area (Å²) in [6, 6.07) is 10.00. The molecule has 0 saturated carbocycles. The molecule has 2 aromatic heterocycles. The molecular weight excluding hydrogens is 288 g/mol. The van der Waals surface area contributed by atoms with Crippen molar-refractivity contribution in [3.63, 3.8) is 0 Å². The van der Waals surface area contributed by atoms with E-state index in [2.05, 4.69) is 31.1 Å². The second-order valence-corrected chi connectivity index (χ2v) is 5.57. The number of tetrazole rings is 2. The first-order chi connectivity index (χ1) is 10.3. The van der Waals surface area contributed by atoms with Gasteiger partial charge < -0.3 is 0 Å². The van der Waals surface area contributed by atoms with Crippen molar-refractivity contribution in [2.24, 2.45) is 0 Å². The number of hydrogen-bond acceptors (Lipinski definition) is 7. The highest BCUT2D eigenvalue weighted by molar-refractivity contribution is 7.98. The van der Waals surface area contributed by atoms with Crippen molar-refractivity contribution in [1.82, 2.24) is 40.4 Å². The number of thioether (sulfide) groups is 1. The lowest BCUT2D eigenvalue weighted by atomic mass is 10.3. The van der Waals surface area contributed by atoms with Crippen LogP contribution in [0.4, 0.5) is 0 Å². The molecule has 0 radical (unpaired) electrons. The summed E-state index contributed by atoms with van der Waals surface area (Å²) in [5.41, 5.74) is 0.932. The summed E-state index contributed by atoms with van der Waals surface area (Å²) in [6.45, 7) is 4.07. The maximum atomic E-state index is 4.07. The van der Waals surface area contributed by atoms with Crippen LogP contribution in [-0.2, 0) is 5.75 Å². The fourth-order valence-electron chi connectivity index (χ4n) is 1.80. The topological polar surface area (TPSA) is 87.2 Å². The van der Waals surface area contributed by atoms with E-state index < -0.39 is 0 Å². The van der Waals surface area contributed by atoms with Gasteiger partial charge in [-0.3, -0.25) is 0 Å². The highest BCUT2D eigenvalue weighted by atomic mass is 32.2. The van der Waals surface area contributed by atoms with Crippen LogP contribution in [0.1, 0.15) is 25.7 Å². The molecular formula is C12H14N8S. The lowest BCUT2D eigenvalue weighted by Gasteiger charge is -2.07. The summed E-state index contributed by atoms with van der Waals surface area (Å²) in [7, 11) is 0. The van der Waals surface area contributed by atoms with E-state index in [-0.39, 0.29) is 6.04 Å². The molecule has 8 nitrogen and oxygen atoms in total. The highest BCUT2D eigenvalue weighted by Crippen LogP contribution is 2.21. The molecule has 0 fully saturated rings. The first-order valence-electron chi connectivity index (χ1n) is 6.49. The molecule has 0 N–H and O–H groups in total. The summed E-state index contributed by atoms with van der Waals surface area (Å²) < 4.78 is 3.50. The van der Waals surface area contributed by atoms with E-state index in [1.54, 1.807) is 9.36 Å². The fourth-order valence-corrected chi connectivity index (χ4v) is 2.71. The molecule has 0 atom stereocenters. The van der Waals surface area contributed by atoms with Gasteiger partial charge in [-0.25, -0.2) is 4.68 Å². The van der Waals surface area contributed by atoms with Crippen LogP contribution in [-0.4, -0.2) is 40.4 Å². The quantitative estimate of drug-likeness (QED) is 0.660. The lowest BCUT2D eigenvalue weighted by molar-refractivity contribution is 0.477. The van der Waals surface area contributed by atoms with Crippen LogP contribution in [0.15, 0.2) is 35.5 Å².